The fourth-order valence-corrected chi connectivity index (χ4v) is 2.90. The molecule has 0 saturated heterocycles. The Labute approximate surface area is 107 Å². The number of hydrogen-bond donors (Lipinski definition) is 3. The first-order valence-corrected chi connectivity index (χ1v) is 7.18. The van der Waals surface area contributed by atoms with E-state index in [-0.39, 0.29) is 17.3 Å². The molecule has 104 valence electrons. The lowest BCUT2D eigenvalue weighted by Crippen LogP contribution is -2.46. The topological polar surface area (TPSA) is 110 Å². The van der Waals surface area contributed by atoms with Crippen LogP contribution in [0.5, 0.6) is 0 Å². The average Bonchev–Trinajstić information content (AvgIpc) is 2.59. The number of aliphatic hydroxyl groups is 1. The third kappa shape index (κ3) is 3.44. The summed E-state index contributed by atoms with van der Waals surface area (Å²) in [5.41, 5.74) is 4.66. The molecule has 0 radical (unpaired) electrons. The monoisotopic (exact) mass is 276 g/mol. The zero-order chi connectivity index (χ0) is 14.0. The lowest BCUT2D eigenvalue weighted by Gasteiger charge is -2.22. The fourth-order valence-electron chi connectivity index (χ4n) is 1.42. The first-order valence-electron chi connectivity index (χ1n) is 5.69. The van der Waals surface area contributed by atoms with E-state index in [0.717, 1.165) is 6.42 Å². The van der Waals surface area contributed by atoms with E-state index >= 15 is 0 Å². The quantitative estimate of drug-likeness (QED) is 0.673. The van der Waals surface area contributed by atoms with Crippen molar-refractivity contribution in [3.63, 3.8) is 0 Å². The molecule has 1 rings (SSSR count). The highest BCUT2D eigenvalue weighted by Gasteiger charge is 2.28. The maximum atomic E-state index is 12.1. The summed E-state index contributed by atoms with van der Waals surface area (Å²) in [7, 11) is -3.78. The van der Waals surface area contributed by atoms with Crippen LogP contribution in [0.15, 0.2) is 11.1 Å². The molecule has 0 aliphatic heterocycles. The molecule has 0 aromatic carbocycles. The highest BCUT2D eigenvalue weighted by Crippen LogP contribution is 2.18. The molecule has 1 aromatic heterocycles. The Morgan fingerprint density at radius 3 is 2.67 bits per heavy atom. The van der Waals surface area contributed by atoms with E-state index in [2.05, 4.69) is 9.82 Å². The van der Waals surface area contributed by atoms with Crippen LogP contribution in [0.3, 0.4) is 0 Å². The second-order valence-electron chi connectivity index (χ2n) is 4.79. The predicted octanol–water partition coefficient (Wildman–Crippen LogP) is -0.0755. The number of aromatic nitrogens is 2. The van der Waals surface area contributed by atoms with E-state index in [1.165, 1.54) is 10.9 Å². The zero-order valence-corrected chi connectivity index (χ0v) is 11.7. The highest BCUT2D eigenvalue weighted by atomic mass is 32.2. The van der Waals surface area contributed by atoms with Crippen molar-refractivity contribution in [2.75, 3.05) is 12.3 Å². The minimum absolute atomic E-state index is 0.0373. The van der Waals surface area contributed by atoms with Gasteiger partial charge in [0, 0.05) is 12.7 Å². The number of hydrogen-bond acceptors (Lipinski definition) is 5. The van der Waals surface area contributed by atoms with Crippen LogP contribution in [-0.2, 0) is 16.6 Å². The molecule has 18 heavy (non-hydrogen) atoms. The van der Waals surface area contributed by atoms with E-state index in [1.54, 1.807) is 13.8 Å². The summed E-state index contributed by atoms with van der Waals surface area (Å²) >= 11 is 0. The number of nitrogens with two attached hydrogens (primary N) is 1. The summed E-state index contributed by atoms with van der Waals surface area (Å²) in [5.74, 6) is -0.0373. The number of sulfonamides is 1. The van der Waals surface area contributed by atoms with Crippen LogP contribution >= 0.6 is 0 Å². The molecular weight excluding hydrogens is 256 g/mol. The Kier molecular flexibility index (Phi) is 4.36. The third-order valence-corrected chi connectivity index (χ3v) is 4.02. The van der Waals surface area contributed by atoms with Crippen molar-refractivity contribution in [2.45, 2.75) is 44.2 Å². The Balaban J connectivity index is 3.05. The second-order valence-corrected chi connectivity index (χ2v) is 6.44. The van der Waals surface area contributed by atoms with Gasteiger partial charge >= 0.3 is 0 Å². The smallest absolute Gasteiger partial charge is 0.246 e. The maximum absolute atomic E-state index is 12.1. The number of nitrogens with one attached hydrogen (secondary N) is 1. The number of aryl methyl sites for hydroxylation is 1. The molecule has 0 unspecified atom stereocenters. The number of nitrogen functional groups attached to an aromatic ring is 1. The lowest BCUT2D eigenvalue weighted by atomic mass is 10.1. The molecule has 0 saturated carbocycles. The Hall–Kier alpha value is -1.12. The van der Waals surface area contributed by atoms with Crippen LogP contribution in [0.1, 0.15) is 27.2 Å². The largest absolute Gasteiger partial charge is 0.394 e. The van der Waals surface area contributed by atoms with Gasteiger partial charge in [-0.25, -0.2) is 13.1 Å². The van der Waals surface area contributed by atoms with Gasteiger partial charge in [0.25, 0.3) is 0 Å². The van der Waals surface area contributed by atoms with Gasteiger partial charge in [-0.15, -0.1) is 0 Å². The minimum Gasteiger partial charge on any atom is -0.394 e. The van der Waals surface area contributed by atoms with Gasteiger partial charge in [-0.2, -0.15) is 5.10 Å². The van der Waals surface area contributed by atoms with E-state index in [0.29, 0.717) is 6.54 Å². The van der Waals surface area contributed by atoms with Crippen molar-refractivity contribution in [1.29, 1.82) is 0 Å². The standard InChI is InChI=1S/C10H20N4O3S/c1-4-5-14-6-8(9(11)12-14)18(16,17)13-10(2,3)7-15/h6,13,15H,4-5,7H2,1-3H3,(H2,11,12). The minimum atomic E-state index is -3.78. The van der Waals surface area contributed by atoms with Gasteiger partial charge in [-0.3, -0.25) is 4.68 Å². The number of rotatable bonds is 6. The molecule has 0 amide bonds. The van der Waals surface area contributed by atoms with Crippen LogP contribution in [-0.4, -0.2) is 35.5 Å². The van der Waals surface area contributed by atoms with Crippen LogP contribution < -0.4 is 10.5 Å². The van der Waals surface area contributed by atoms with Gasteiger partial charge in [0.15, 0.2) is 5.82 Å². The maximum Gasteiger partial charge on any atom is 0.246 e. The van der Waals surface area contributed by atoms with Crippen LogP contribution in [0.25, 0.3) is 0 Å². The number of aliphatic hydroxyl groups excluding tert-OH is 1. The van der Waals surface area contributed by atoms with Crippen molar-refractivity contribution in [1.82, 2.24) is 14.5 Å². The van der Waals surface area contributed by atoms with Crippen LogP contribution in [0.2, 0.25) is 0 Å². The molecule has 0 aliphatic rings. The average molecular weight is 276 g/mol. The molecule has 0 spiro atoms. The van der Waals surface area contributed by atoms with Gasteiger partial charge in [0.05, 0.1) is 12.1 Å². The summed E-state index contributed by atoms with van der Waals surface area (Å²) in [4.78, 5) is -0.0579. The summed E-state index contributed by atoms with van der Waals surface area (Å²) in [6, 6.07) is 0. The van der Waals surface area contributed by atoms with Gasteiger partial charge in [-0.05, 0) is 20.3 Å². The molecule has 1 aromatic rings. The predicted molar refractivity (Wildman–Crippen MR) is 68.4 cm³/mol. The van der Waals surface area contributed by atoms with E-state index in [9.17, 15) is 8.42 Å². The third-order valence-electron chi connectivity index (χ3n) is 2.30. The molecule has 0 atom stereocenters. The van der Waals surface area contributed by atoms with Gasteiger partial charge in [-0.1, -0.05) is 6.92 Å². The lowest BCUT2D eigenvalue weighted by molar-refractivity contribution is 0.208. The SMILES string of the molecule is CCCn1cc(S(=O)(=O)NC(C)(C)CO)c(N)n1. The van der Waals surface area contributed by atoms with Crippen LogP contribution in [0, 0.1) is 0 Å². The van der Waals surface area contributed by atoms with Gasteiger partial charge in [0.2, 0.25) is 10.0 Å². The molecule has 0 aliphatic carbocycles. The van der Waals surface area contributed by atoms with Crippen molar-refractivity contribution >= 4 is 15.8 Å². The molecule has 4 N–H and O–H groups in total. The summed E-state index contributed by atoms with van der Waals surface area (Å²) in [6.45, 7) is 5.41. The first kappa shape index (κ1) is 14.9. The molecule has 8 heteroatoms. The van der Waals surface area contributed by atoms with Crippen molar-refractivity contribution < 1.29 is 13.5 Å². The van der Waals surface area contributed by atoms with E-state index in [1.807, 2.05) is 6.92 Å². The molecular formula is C10H20N4O3S. The van der Waals surface area contributed by atoms with Crippen LogP contribution in [0.4, 0.5) is 5.82 Å². The molecule has 1 heterocycles. The highest BCUT2D eigenvalue weighted by molar-refractivity contribution is 7.89. The number of anilines is 1. The second kappa shape index (κ2) is 5.25. The Bertz CT molecular complexity index is 507. The number of nitrogens with zero attached hydrogens (tertiary/aromatic N) is 2. The summed E-state index contributed by atoms with van der Waals surface area (Å²) < 4.78 is 28.1. The first-order chi connectivity index (χ1) is 8.22. The molecule has 0 fully saturated rings. The summed E-state index contributed by atoms with van der Waals surface area (Å²) in [6.07, 6.45) is 2.23. The van der Waals surface area contributed by atoms with E-state index < -0.39 is 15.6 Å². The molecule has 0 bridgehead atoms. The van der Waals surface area contributed by atoms with Crippen molar-refractivity contribution in [3.8, 4) is 0 Å². The Morgan fingerprint density at radius 2 is 2.17 bits per heavy atom. The zero-order valence-electron chi connectivity index (χ0n) is 10.8. The Morgan fingerprint density at radius 1 is 1.56 bits per heavy atom. The normalized spacial score (nSPS) is 12.9. The fraction of sp³-hybridized carbons (Fsp3) is 0.700. The summed E-state index contributed by atoms with van der Waals surface area (Å²) in [5, 5.41) is 13.0. The molecule has 7 nitrogen and oxygen atoms in total. The van der Waals surface area contributed by atoms with Gasteiger partial charge in [0.1, 0.15) is 4.90 Å². The van der Waals surface area contributed by atoms with Gasteiger partial charge < -0.3 is 10.8 Å². The van der Waals surface area contributed by atoms with Crippen molar-refractivity contribution in [2.24, 2.45) is 0 Å². The van der Waals surface area contributed by atoms with E-state index in [4.69, 9.17) is 10.8 Å². The van der Waals surface area contributed by atoms with Crippen molar-refractivity contribution in [3.05, 3.63) is 6.20 Å².